The quantitative estimate of drug-likeness (QED) is 0.692. The molecule has 1 aliphatic heterocycles. The number of rotatable bonds is 2. The lowest BCUT2D eigenvalue weighted by atomic mass is 9.77. The SMILES string of the molecule is Cc1ccc(N2C(=O)CC(c3ccccc3Cl)C3=C2CCCC3=O)cc1C. The molecule has 0 saturated heterocycles. The molecule has 1 unspecified atom stereocenters. The molecule has 0 aromatic heterocycles. The number of ketones is 1. The van der Waals surface area contributed by atoms with Crippen LogP contribution in [-0.2, 0) is 9.59 Å². The lowest BCUT2D eigenvalue weighted by molar-refractivity contribution is -0.119. The van der Waals surface area contributed by atoms with E-state index in [-0.39, 0.29) is 24.0 Å². The van der Waals surface area contributed by atoms with E-state index in [1.54, 1.807) is 4.90 Å². The summed E-state index contributed by atoms with van der Waals surface area (Å²) in [4.78, 5) is 27.8. The van der Waals surface area contributed by atoms with Crippen LogP contribution in [0.2, 0.25) is 5.02 Å². The summed E-state index contributed by atoms with van der Waals surface area (Å²) >= 11 is 6.42. The molecule has 0 N–H and O–H groups in total. The van der Waals surface area contributed by atoms with Gasteiger partial charge in [0.05, 0.1) is 0 Å². The number of allylic oxidation sites excluding steroid dienone is 2. The number of hydrogen-bond donors (Lipinski definition) is 0. The highest BCUT2D eigenvalue weighted by atomic mass is 35.5. The molecule has 0 saturated carbocycles. The van der Waals surface area contributed by atoms with Gasteiger partial charge in [0.1, 0.15) is 0 Å². The van der Waals surface area contributed by atoms with Crippen LogP contribution in [0.4, 0.5) is 5.69 Å². The van der Waals surface area contributed by atoms with Gasteiger partial charge in [0.25, 0.3) is 0 Å². The first kappa shape index (κ1) is 18.0. The van der Waals surface area contributed by atoms with E-state index < -0.39 is 0 Å². The average molecular weight is 380 g/mol. The minimum Gasteiger partial charge on any atom is -0.294 e. The Bertz CT molecular complexity index is 976. The molecule has 0 radical (unpaired) electrons. The van der Waals surface area contributed by atoms with Crippen molar-refractivity contribution in [3.63, 3.8) is 0 Å². The second kappa shape index (κ2) is 6.97. The molecule has 138 valence electrons. The van der Waals surface area contributed by atoms with Gasteiger partial charge in [-0.3, -0.25) is 14.5 Å². The number of carbonyl (C=O) groups is 2. The zero-order valence-electron chi connectivity index (χ0n) is 15.6. The Labute approximate surface area is 164 Å². The predicted molar refractivity (Wildman–Crippen MR) is 108 cm³/mol. The van der Waals surface area contributed by atoms with E-state index in [9.17, 15) is 9.59 Å². The zero-order valence-corrected chi connectivity index (χ0v) is 16.3. The third kappa shape index (κ3) is 3.10. The topological polar surface area (TPSA) is 37.4 Å². The summed E-state index contributed by atoms with van der Waals surface area (Å²) in [7, 11) is 0. The van der Waals surface area contributed by atoms with E-state index in [0.29, 0.717) is 11.4 Å². The molecule has 0 bridgehead atoms. The van der Waals surface area contributed by atoms with Crippen LogP contribution >= 0.6 is 11.6 Å². The Morgan fingerprint density at radius 3 is 2.52 bits per heavy atom. The van der Waals surface area contributed by atoms with Gasteiger partial charge in [0, 0.05) is 40.7 Å². The molecule has 3 nitrogen and oxygen atoms in total. The summed E-state index contributed by atoms with van der Waals surface area (Å²) in [6.07, 6.45) is 2.32. The lowest BCUT2D eigenvalue weighted by Gasteiger charge is -2.38. The van der Waals surface area contributed by atoms with E-state index in [0.717, 1.165) is 40.9 Å². The van der Waals surface area contributed by atoms with Crippen molar-refractivity contribution in [3.05, 3.63) is 75.4 Å². The van der Waals surface area contributed by atoms with Crippen molar-refractivity contribution in [3.8, 4) is 0 Å². The number of nitrogens with zero attached hydrogens (tertiary/aromatic N) is 1. The third-order valence-electron chi connectivity index (χ3n) is 5.70. The van der Waals surface area contributed by atoms with Gasteiger partial charge in [-0.2, -0.15) is 0 Å². The fourth-order valence-corrected chi connectivity index (χ4v) is 4.45. The summed E-state index contributed by atoms with van der Waals surface area (Å²) < 4.78 is 0. The van der Waals surface area contributed by atoms with E-state index in [2.05, 4.69) is 6.92 Å². The molecule has 1 heterocycles. The Hall–Kier alpha value is -2.39. The van der Waals surface area contributed by atoms with Gasteiger partial charge >= 0.3 is 0 Å². The first-order valence-corrected chi connectivity index (χ1v) is 9.76. The number of carbonyl (C=O) groups excluding carboxylic acids is 2. The van der Waals surface area contributed by atoms with Crippen molar-refractivity contribution >= 4 is 29.0 Å². The second-order valence-corrected chi connectivity index (χ2v) is 7.82. The average Bonchev–Trinajstić information content (AvgIpc) is 2.64. The van der Waals surface area contributed by atoms with Gasteiger partial charge < -0.3 is 0 Å². The normalized spacial score (nSPS) is 20.1. The van der Waals surface area contributed by atoms with E-state index >= 15 is 0 Å². The number of halogens is 1. The van der Waals surface area contributed by atoms with Crippen LogP contribution in [0.1, 0.15) is 48.3 Å². The van der Waals surface area contributed by atoms with Gasteiger partial charge in [-0.1, -0.05) is 35.9 Å². The molecule has 1 aliphatic carbocycles. The zero-order chi connectivity index (χ0) is 19.1. The number of Topliss-reactive ketones (excluding diaryl/α,β-unsaturated/α-hetero) is 1. The van der Waals surface area contributed by atoms with Crippen molar-refractivity contribution < 1.29 is 9.59 Å². The molecule has 1 amide bonds. The third-order valence-corrected chi connectivity index (χ3v) is 6.05. The second-order valence-electron chi connectivity index (χ2n) is 7.41. The Morgan fingerprint density at radius 2 is 1.78 bits per heavy atom. The highest BCUT2D eigenvalue weighted by molar-refractivity contribution is 6.31. The van der Waals surface area contributed by atoms with Crippen LogP contribution in [0.3, 0.4) is 0 Å². The van der Waals surface area contributed by atoms with E-state index in [1.165, 1.54) is 5.56 Å². The summed E-state index contributed by atoms with van der Waals surface area (Å²) in [5.74, 6) is -0.0871. The van der Waals surface area contributed by atoms with Gasteiger partial charge in [0.2, 0.25) is 5.91 Å². The van der Waals surface area contributed by atoms with Gasteiger partial charge in [-0.05, 0) is 61.6 Å². The van der Waals surface area contributed by atoms with Crippen molar-refractivity contribution in [1.29, 1.82) is 0 Å². The van der Waals surface area contributed by atoms with Crippen LogP contribution in [0.5, 0.6) is 0 Å². The van der Waals surface area contributed by atoms with Crippen molar-refractivity contribution in [2.45, 2.75) is 45.4 Å². The fourth-order valence-electron chi connectivity index (χ4n) is 4.18. The van der Waals surface area contributed by atoms with Gasteiger partial charge in [-0.25, -0.2) is 0 Å². The van der Waals surface area contributed by atoms with Crippen LogP contribution in [0.25, 0.3) is 0 Å². The first-order valence-electron chi connectivity index (χ1n) is 9.38. The van der Waals surface area contributed by atoms with Crippen molar-refractivity contribution in [2.75, 3.05) is 4.90 Å². The summed E-state index contributed by atoms with van der Waals surface area (Å²) in [5.41, 5.74) is 5.67. The van der Waals surface area contributed by atoms with Crippen molar-refractivity contribution in [1.82, 2.24) is 0 Å². The van der Waals surface area contributed by atoms with Crippen molar-refractivity contribution in [2.24, 2.45) is 0 Å². The standard InChI is InChI=1S/C23H22ClNO2/c1-14-10-11-16(12-15(14)2)25-20-8-5-9-21(26)23(20)18(13-22(25)27)17-6-3-4-7-19(17)24/h3-4,6-7,10-12,18H,5,8-9,13H2,1-2H3. The molecule has 4 rings (SSSR count). The Kier molecular flexibility index (Phi) is 4.65. The number of hydrogen-bond acceptors (Lipinski definition) is 2. The van der Waals surface area contributed by atoms with Crippen LogP contribution < -0.4 is 4.90 Å². The summed E-state index contributed by atoms with van der Waals surface area (Å²) in [5, 5.41) is 0.611. The molecule has 4 heteroatoms. The predicted octanol–water partition coefficient (Wildman–Crippen LogP) is 5.48. The monoisotopic (exact) mass is 379 g/mol. The van der Waals surface area contributed by atoms with E-state index in [4.69, 9.17) is 11.6 Å². The Morgan fingerprint density at radius 1 is 1.00 bits per heavy atom. The molecular weight excluding hydrogens is 358 g/mol. The number of anilines is 1. The lowest BCUT2D eigenvalue weighted by Crippen LogP contribution is -2.40. The molecular formula is C23H22ClNO2. The fraction of sp³-hybridized carbons (Fsp3) is 0.304. The van der Waals surface area contributed by atoms with Crippen LogP contribution in [0, 0.1) is 13.8 Å². The maximum atomic E-state index is 13.2. The molecule has 0 spiro atoms. The molecule has 2 aromatic rings. The highest BCUT2D eigenvalue weighted by Gasteiger charge is 2.40. The minimum absolute atomic E-state index is 0.0247. The number of benzene rings is 2. The molecule has 1 atom stereocenters. The molecule has 2 aliphatic rings. The highest BCUT2D eigenvalue weighted by Crippen LogP contribution is 2.45. The number of amides is 1. The van der Waals surface area contributed by atoms with Gasteiger partial charge in [-0.15, -0.1) is 0 Å². The van der Waals surface area contributed by atoms with Crippen LogP contribution in [0.15, 0.2) is 53.7 Å². The number of aryl methyl sites for hydroxylation is 2. The Balaban J connectivity index is 1.88. The van der Waals surface area contributed by atoms with Crippen LogP contribution in [-0.4, -0.2) is 11.7 Å². The smallest absolute Gasteiger partial charge is 0.232 e. The van der Waals surface area contributed by atoms with Gasteiger partial charge in [0.15, 0.2) is 5.78 Å². The van der Waals surface area contributed by atoms with E-state index in [1.807, 2.05) is 49.4 Å². The first-order chi connectivity index (χ1) is 13.0. The minimum atomic E-state index is -0.253. The molecule has 0 fully saturated rings. The summed E-state index contributed by atoms with van der Waals surface area (Å²) in [6, 6.07) is 13.6. The maximum Gasteiger partial charge on any atom is 0.232 e. The largest absolute Gasteiger partial charge is 0.294 e. The summed E-state index contributed by atoms with van der Waals surface area (Å²) in [6.45, 7) is 4.10. The molecule has 27 heavy (non-hydrogen) atoms. The maximum absolute atomic E-state index is 13.2. The molecule has 2 aromatic carbocycles.